The van der Waals surface area contributed by atoms with Crippen LogP contribution in [0.2, 0.25) is 0 Å². The molecule has 2 heterocycles. The molecule has 4 rings (SSSR count). The molecule has 2 aliphatic rings. The number of thiocarbonyl (C=S) groups is 1. The van der Waals surface area contributed by atoms with E-state index in [-0.39, 0.29) is 0 Å². The van der Waals surface area contributed by atoms with Gasteiger partial charge < -0.3 is 10.6 Å². The van der Waals surface area contributed by atoms with E-state index in [9.17, 15) is 0 Å². The fourth-order valence-electron chi connectivity index (χ4n) is 4.72. The van der Waals surface area contributed by atoms with E-state index in [0.717, 1.165) is 17.3 Å². The van der Waals surface area contributed by atoms with E-state index in [2.05, 4.69) is 77.1 Å². The van der Waals surface area contributed by atoms with Crippen molar-refractivity contribution in [2.24, 2.45) is 0 Å². The Kier molecular flexibility index (Phi) is 5.74. The van der Waals surface area contributed by atoms with Gasteiger partial charge in [-0.1, -0.05) is 48.9 Å². The van der Waals surface area contributed by atoms with Crippen LogP contribution in [0.3, 0.4) is 0 Å². The molecule has 2 aliphatic heterocycles. The highest BCUT2D eigenvalue weighted by atomic mass is 32.1. The number of rotatable bonds is 4. The van der Waals surface area contributed by atoms with Crippen LogP contribution in [0.25, 0.3) is 0 Å². The van der Waals surface area contributed by atoms with Crippen molar-refractivity contribution in [3.8, 4) is 0 Å². The molecule has 2 bridgehead atoms. The zero-order valence-corrected chi connectivity index (χ0v) is 16.8. The molecule has 2 aromatic carbocycles. The Morgan fingerprint density at radius 3 is 2.48 bits per heavy atom. The molecule has 4 heteroatoms. The molecule has 0 aliphatic carbocycles. The minimum atomic E-state index is 0.470. The number of nitrogens with zero attached hydrogens (tertiary/aromatic N) is 1. The highest BCUT2D eigenvalue weighted by molar-refractivity contribution is 7.80. The minimum absolute atomic E-state index is 0.470. The van der Waals surface area contributed by atoms with E-state index in [1.54, 1.807) is 0 Å². The van der Waals surface area contributed by atoms with Crippen LogP contribution >= 0.6 is 12.2 Å². The summed E-state index contributed by atoms with van der Waals surface area (Å²) in [7, 11) is 0. The summed E-state index contributed by atoms with van der Waals surface area (Å²) in [5.74, 6) is 0. The summed E-state index contributed by atoms with van der Waals surface area (Å²) in [5.41, 5.74) is 3.73. The molecular weight excluding hydrogens is 350 g/mol. The van der Waals surface area contributed by atoms with Crippen molar-refractivity contribution in [2.45, 2.75) is 63.7 Å². The number of hydrogen-bond acceptors (Lipinski definition) is 2. The summed E-state index contributed by atoms with van der Waals surface area (Å²) in [5, 5.41) is 7.70. The van der Waals surface area contributed by atoms with Gasteiger partial charge in [-0.25, -0.2) is 0 Å². The van der Waals surface area contributed by atoms with Crippen molar-refractivity contribution < 1.29 is 0 Å². The molecule has 2 saturated heterocycles. The van der Waals surface area contributed by atoms with E-state index in [1.807, 2.05) is 0 Å². The number of hydrogen-bond donors (Lipinski definition) is 2. The van der Waals surface area contributed by atoms with E-state index in [1.165, 1.54) is 43.2 Å². The van der Waals surface area contributed by atoms with Gasteiger partial charge in [0.2, 0.25) is 0 Å². The lowest BCUT2D eigenvalue weighted by molar-refractivity contribution is 0.0212. The molecule has 27 heavy (non-hydrogen) atoms. The quantitative estimate of drug-likeness (QED) is 0.742. The van der Waals surface area contributed by atoms with Crippen LogP contribution in [0.5, 0.6) is 0 Å². The van der Waals surface area contributed by atoms with Gasteiger partial charge in [-0.15, -0.1) is 0 Å². The van der Waals surface area contributed by atoms with Gasteiger partial charge in [-0.05, 0) is 68.1 Å². The fraction of sp³-hybridized carbons (Fsp3) is 0.435. The molecule has 0 amide bonds. The second-order valence-electron chi connectivity index (χ2n) is 8.03. The minimum Gasteiger partial charge on any atom is -0.360 e. The number of aryl methyl sites for hydroxylation is 1. The van der Waals surface area contributed by atoms with E-state index < -0.39 is 0 Å². The van der Waals surface area contributed by atoms with Crippen molar-refractivity contribution in [3.05, 3.63) is 65.7 Å². The third kappa shape index (κ3) is 4.69. The molecule has 2 atom stereocenters. The predicted octanol–water partition coefficient (Wildman–Crippen LogP) is 4.87. The number of nitrogens with one attached hydrogen (secondary N) is 2. The van der Waals surface area contributed by atoms with Gasteiger partial charge in [0.25, 0.3) is 0 Å². The first kappa shape index (κ1) is 18.5. The Bertz CT molecular complexity index is 762. The highest BCUT2D eigenvalue weighted by Gasteiger charge is 2.38. The van der Waals surface area contributed by atoms with E-state index >= 15 is 0 Å². The van der Waals surface area contributed by atoms with E-state index in [0.29, 0.717) is 18.1 Å². The molecule has 0 spiro atoms. The zero-order chi connectivity index (χ0) is 18.6. The lowest BCUT2D eigenvalue weighted by atomic mass is 9.81. The predicted molar refractivity (Wildman–Crippen MR) is 117 cm³/mol. The molecule has 2 fully saturated rings. The number of benzene rings is 2. The van der Waals surface area contributed by atoms with Crippen LogP contribution in [0.15, 0.2) is 54.6 Å². The topological polar surface area (TPSA) is 27.3 Å². The fourth-order valence-corrected chi connectivity index (χ4v) is 5.01. The normalized spacial score (nSPS) is 25.0. The number of anilines is 1. The zero-order valence-electron chi connectivity index (χ0n) is 16.0. The van der Waals surface area contributed by atoms with Crippen molar-refractivity contribution >= 4 is 23.0 Å². The first-order valence-corrected chi connectivity index (χ1v) is 10.5. The van der Waals surface area contributed by atoms with Crippen molar-refractivity contribution in [1.29, 1.82) is 0 Å². The molecule has 0 radical (unpaired) electrons. The van der Waals surface area contributed by atoms with Crippen LogP contribution in [0.1, 0.15) is 43.2 Å². The van der Waals surface area contributed by atoms with Crippen LogP contribution in [-0.2, 0) is 6.54 Å². The molecular formula is C23H29N3S. The number of piperidine rings is 2. The van der Waals surface area contributed by atoms with Gasteiger partial charge >= 0.3 is 0 Å². The maximum absolute atomic E-state index is 5.59. The Hall–Kier alpha value is -1.91. The molecule has 2 N–H and O–H groups in total. The third-order valence-electron chi connectivity index (χ3n) is 5.95. The standard InChI is InChI=1S/C23H29N3S/c1-17-7-5-10-19(13-17)24-23(27)25-20-14-21-11-6-12-22(15-20)26(21)16-18-8-3-2-4-9-18/h2-5,7-10,13,20-22H,6,11-12,14-16H2,1H3,(H2,24,25,27)/t21-,22-/m1/s1. The summed E-state index contributed by atoms with van der Waals surface area (Å²) >= 11 is 5.59. The number of fused-ring (bicyclic) bond motifs is 2. The lowest BCUT2D eigenvalue weighted by Crippen LogP contribution is -2.56. The summed E-state index contributed by atoms with van der Waals surface area (Å²) in [6.45, 7) is 3.18. The average Bonchev–Trinajstić information content (AvgIpc) is 2.63. The first-order valence-electron chi connectivity index (χ1n) is 10.1. The van der Waals surface area contributed by atoms with Gasteiger partial charge in [0.1, 0.15) is 0 Å². The molecule has 0 saturated carbocycles. The van der Waals surface area contributed by atoms with Crippen LogP contribution in [0, 0.1) is 6.92 Å². The van der Waals surface area contributed by atoms with Crippen molar-refractivity contribution in [1.82, 2.24) is 10.2 Å². The van der Waals surface area contributed by atoms with Gasteiger partial charge in [-0.2, -0.15) is 0 Å². The summed E-state index contributed by atoms with van der Waals surface area (Å²) in [6, 6.07) is 21.1. The average molecular weight is 380 g/mol. The van der Waals surface area contributed by atoms with Gasteiger partial charge in [0.05, 0.1) is 0 Å². The Morgan fingerprint density at radius 1 is 1.04 bits per heavy atom. The van der Waals surface area contributed by atoms with Crippen LogP contribution in [-0.4, -0.2) is 28.1 Å². The first-order chi connectivity index (χ1) is 13.2. The maximum atomic E-state index is 5.59. The highest BCUT2D eigenvalue weighted by Crippen LogP contribution is 2.35. The maximum Gasteiger partial charge on any atom is 0.170 e. The van der Waals surface area contributed by atoms with Crippen LogP contribution in [0.4, 0.5) is 5.69 Å². The van der Waals surface area contributed by atoms with Crippen molar-refractivity contribution in [3.63, 3.8) is 0 Å². The Balaban J connectivity index is 1.36. The van der Waals surface area contributed by atoms with E-state index in [4.69, 9.17) is 12.2 Å². The Morgan fingerprint density at radius 2 is 1.78 bits per heavy atom. The Labute approximate surface area is 168 Å². The molecule has 142 valence electrons. The van der Waals surface area contributed by atoms with Gasteiger partial charge in [-0.3, -0.25) is 4.90 Å². The van der Waals surface area contributed by atoms with Gasteiger partial charge in [0, 0.05) is 30.4 Å². The van der Waals surface area contributed by atoms with Gasteiger partial charge in [0.15, 0.2) is 5.11 Å². The molecule has 2 aromatic rings. The summed E-state index contributed by atoms with van der Waals surface area (Å²) < 4.78 is 0. The molecule has 3 nitrogen and oxygen atoms in total. The monoisotopic (exact) mass is 379 g/mol. The van der Waals surface area contributed by atoms with Crippen LogP contribution < -0.4 is 10.6 Å². The lowest BCUT2D eigenvalue weighted by Gasteiger charge is -2.49. The smallest absolute Gasteiger partial charge is 0.170 e. The molecule has 0 unspecified atom stereocenters. The largest absolute Gasteiger partial charge is 0.360 e. The van der Waals surface area contributed by atoms with Crippen molar-refractivity contribution in [2.75, 3.05) is 5.32 Å². The molecule has 0 aromatic heterocycles. The second-order valence-corrected chi connectivity index (χ2v) is 8.44. The third-order valence-corrected chi connectivity index (χ3v) is 6.16. The summed E-state index contributed by atoms with van der Waals surface area (Å²) in [4.78, 5) is 2.74. The SMILES string of the molecule is Cc1cccc(NC(=S)NC2C[C@H]3CCC[C@H](C2)N3Cc2ccccc2)c1. The second kappa shape index (κ2) is 8.41. The summed E-state index contributed by atoms with van der Waals surface area (Å²) in [6.07, 6.45) is 6.33.